The van der Waals surface area contributed by atoms with Gasteiger partial charge in [0.2, 0.25) is 0 Å². The maximum absolute atomic E-state index is 13.2. The lowest BCUT2D eigenvalue weighted by molar-refractivity contribution is 0.0929. The van der Waals surface area contributed by atoms with Crippen molar-refractivity contribution in [2.24, 2.45) is 5.92 Å². The number of nitriles is 1. The smallest absolute Gasteiger partial charge is 0.280 e. The Labute approximate surface area is 181 Å². The van der Waals surface area contributed by atoms with Crippen LogP contribution in [0, 0.1) is 23.2 Å². The Morgan fingerprint density at radius 2 is 2.10 bits per heavy atom. The molecule has 1 saturated carbocycles. The molecular weight excluding hydrogens is 419 g/mol. The topological polar surface area (TPSA) is 69.0 Å². The van der Waals surface area contributed by atoms with Crippen LogP contribution in [0.15, 0.2) is 64.5 Å². The molecule has 5 rings (SSSR count). The molecule has 2 atom stereocenters. The predicted octanol–water partition coefficient (Wildman–Crippen LogP) is 4.39. The molecule has 0 radical (unpaired) electrons. The minimum atomic E-state index is -0.269. The Morgan fingerprint density at radius 1 is 1.30 bits per heavy atom. The number of halogens is 1. The Balaban J connectivity index is 1.34. The van der Waals surface area contributed by atoms with Crippen LogP contribution in [0.3, 0.4) is 0 Å². The van der Waals surface area contributed by atoms with E-state index in [2.05, 4.69) is 16.5 Å². The minimum absolute atomic E-state index is 0.183. The average Bonchev–Trinajstić information content (AvgIpc) is 3.10. The highest BCUT2D eigenvalue weighted by Crippen LogP contribution is 2.49. The van der Waals surface area contributed by atoms with E-state index in [1.54, 1.807) is 35.0 Å². The van der Waals surface area contributed by atoms with Crippen LogP contribution in [-0.2, 0) is 0 Å². The standard InChI is InChI=1S/C22H17FN4OS2/c23-15-5-7-16(8-6-15)29-18-4-2-1-3-17(18)19-10-25-21(30-19)20(28)26-22-9-14(22)11-27(12-22)13-24/h1-8,10,14H,9,11-12H2,(H,26,28)/t14?,22-/m0/s1. The van der Waals surface area contributed by atoms with Gasteiger partial charge in [-0.15, -0.1) is 11.3 Å². The fraction of sp³-hybridized carbons (Fsp3) is 0.227. The molecule has 2 heterocycles. The molecule has 2 aromatic carbocycles. The second-order valence-electron chi connectivity index (χ2n) is 7.57. The molecule has 150 valence electrons. The highest BCUT2D eigenvalue weighted by molar-refractivity contribution is 7.99. The first-order valence-electron chi connectivity index (χ1n) is 9.52. The van der Waals surface area contributed by atoms with Crippen LogP contribution in [0.1, 0.15) is 16.2 Å². The first-order valence-corrected chi connectivity index (χ1v) is 11.2. The van der Waals surface area contributed by atoms with Crippen molar-refractivity contribution in [3.05, 3.63) is 65.6 Å². The number of hydrogen-bond acceptors (Lipinski definition) is 6. The van der Waals surface area contributed by atoms with Crippen molar-refractivity contribution >= 4 is 29.0 Å². The highest BCUT2D eigenvalue weighted by atomic mass is 32.2. The lowest BCUT2D eigenvalue weighted by Crippen LogP contribution is -2.41. The first-order chi connectivity index (χ1) is 14.6. The second-order valence-corrected chi connectivity index (χ2v) is 9.72. The molecule has 8 heteroatoms. The molecule has 1 N–H and O–H groups in total. The molecule has 1 amide bonds. The van der Waals surface area contributed by atoms with Crippen LogP contribution >= 0.6 is 23.1 Å². The van der Waals surface area contributed by atoms with Crippen molar-refractivity contribution in [1.82, 2.24) is 15.2 Å². The van der Waals surface area contributed by atoms with E-state index in [9.17, 15) is 9.18 Å². The number of thiazole rings is 1. The number of piperidine rings is 1. The number of rotatable bonds is 5. The van der Waals surface area contributed by atoms with Gasteiger partial charge in [-0.25, -0.2) is 9.37 Å². The summed E-state index contributed by atoms with van der Waals surface area (Å²) in [6.45, 7) is 1.29. The zero-order valence-electron chi connectivity index (χ0n) is 15.8. The number of nitrogens with one attached hydrogen (secondary N) is 1. The largest absolute Gasteiger partial charge is 0.342 e. The van der Waals surface area contributed by atoms with E-state index in [0.717, 1.165) is 26.7 Å². The Kier molecular flexibility index (Phi) is 4.72. The van der Waals surface area contributed by atoms with Gasteiger partial charge in [0.15, 0.2) is 11.2 Å². The van der Waals surface area contributed by atoms with Crippen LogP contribution in [0.2, 0.25) is 0 Å². The van der Waals surface area contributed by atoms with E-state index >= 15 is 0 Å². The third kappa shape index (κ3) is 3.55. The Bertz CT molecular complexity index is 1160. The molecule has 2 fully saturated rings. The van der Waals surface area contributed by atoms with E-state index in [1.165, 1.54) is 23.5 Å². The zero-order valence-corrected chi connectivity index (χ0v) is 17.5. The number of aromatic nitrogens is 1. The highest BCUT2D eigenvalue weighted by Gasteiger charge is 2.61. The number of benzene rings is 2. The number of amides is 1. The molecule has 1 aliphatic heterocycles. The second kappa shape index (κ2) is 7.42. The number of likely N-dealkylation sites (tertiary alicyclic amines) is 1. The van der Waals surface area contributed by atoms with E-state index in [1.807, 2.05) is 24.3 Å². The number of nitrogens with zero attached hydrogens (tertiary/aromatic N) is 3. The summed E-state index contributed by atoms with van der Waals surface area (Å²) in [5.41, 5.74) is 0.719. The average molecular weight is 437 g/mol. The first kappa shape index (κ1) is 19.1. The van der Waals surface area contributed by atoms with Crippen LogP contribution in [0.5, 0.6) is 0 Å². The molecule has 1 saturated heterocycles. The fourth-order valence-corrected chi connectivity index (χ4v) is 5.80. The van der Waals surface area contributed by atoms with Crippen molar-refractivity contribution in [1.29, 1.82) is 5.26 Å². The maximum atomic E-state index is 13.2. The molecule has 1 aliphatic carbocycles. The Morgan fingerprint density at radius 3 is 2.87 bits per heavy atom. The SMILES string of the molecule is N#CN1CC2C[C@]2(NC(=O)c2ncc(-c3ccccc3Sc3ccc(F)cc3)s2)C1. The normalized spacial score (nSPS) is 21.7. The van der Waals surface area contributed by atoms with Crippen molar-refractivity contribution in [3.8, 4) is 16.6 Å². The van der Waals surface area contributed by atoms with Crippen LogP contribution < -0.4 is 5.32 Å². The summed E-state index contributed by atoms with van der Waals surface area (Å²) in [6.07, 6.45) is 4.81. The van der Waals surface area contributed by atoms with Gasteiger partial charge in [0.1, 0.15) is 5.82 Å². The van der Waals surface area contributed by atoms with Crippen LogP contribution in [0.25, 0.3) is 10.4 Å². The van der Waals surface area contributed by atoms with Gasteiger partial charge in [0, 0.05) is 34.0 Å². The molecule has 1 aromatic heterocycles. The molecule has 0 spiro atoms. The van der Waals surface area contributed by atoms with Gasteiger partial charge in [0.25, 0.3) is 5.91 Å². The fourth-order valence-electron chi connectivity index (χ4n) is 3.93. The van der Waals surface area contributed by atoms with E-state index in [-0.39, 0.29) is 17.3 Å². The summed E-state index contributed by atoms with van der Waals surface area (Å²) >= 11 is 2.90. The van der Waals surface area contributed by atoms with Gasteiger partial charge in [0.05, 0.1) is 17.0 Å². The molecule has 1 unspecified atom stereocenters. The number of carbonyl (C=O) groups is 1. The van der Waals surface area contributed by atoms with Gasteiger partial charge in [-0.1, -0.05) is 30.0 Å². The van der Waals surface area contributed by atoms with Crippen LogP contribution in [0.4, 0.5) is 4.39 Å². The quantitative estimate of drug-likeness (QED) is 0.601. The van der Waals surface area contributed by atoms with Gasteiger partial charge >= 0.3 is 0 Å². The molecule has 30 heavy (non-hydrogen) atoms. The van der Waals surface area contributed by atoms with Gasteiger partial charge in [-0.05, 0) is 36.8 Å². The predicted molar refractivity (Wildman–Crippen MR) is 114 cm³/mol. The van der Waals surface area contributed by atoms with Gasteiger partial charge < -0.3 is 10.2 Å². The van der Waals surface area contributed by atoms with E-state index in [4.69, 9.17) is 5.26 Å². The minimum Gasteiger partial charge on any atom is -0.342 e. The molecule has 2 aliphatic rings. The zero-order chi connectivity index (χ0) is 20.7. The summed E-state index contributed by atoms with van der Waals surface area (Å²) in [7, 11) is 0. The summed E-state index contributed by atoms with van der Waals surface area (Å²) in [5, 5.41) is 12.6. The van der Waals surface area contributed by atoms with Crippen molar-refractivity contribution < 1.29 is 9.18 Å². The lowest BCUT2D eigenvalue weighted by atomic mass is 10.2. The third-order valence-corrected chi connectivity index (χ3v) is 7.66. The lowest BCUT2D eigenvalue weighted by Gasteiger charge is -2.16. The number of fused-ring (bicyclic) bond motifs is 1. The third-order valence-electron chi connectivity index (χ3n) is 5.54. The summed E-state index contributed by atoms with van der Waals surface area (Å²) in [5.74, 6) is -0.0890. The summed E-state index contributed by atoms with van der Waals surface area (Å²) in [4.78, 5) is 21.7. The molecule has 0 bridgehead atoms. The van der Waals surface area contributed by atoms with Crippen molar-refractivity contribution in [3.63, 3.8) is 0 Å². The van der Waals surface area contributed by atoms with Gasteiger partial charge in [-0.2, -0.15) is 5.26 Å². The van der Waals surface area contributed by atoms with Crippen LogP contribution in [-0.4, -0.2) is 34.4 Å². The van der Waals surface area contributed by atoms with Crippen molar-refractivity contribution in [2.45, 2.75) is 21.8 Å². The summed E-state index contributed by atoms with van der Waals surface area (Å²) in [6, 6.07) is 14.3. The molecule has 5 nitrogen and oxygen atoms in total. The molecule has 3 aromatic rings. The van der Waals surface area contributed by atoms with E-state index < -0.39 is 0 Å². The van der Waals surface area contributed by atoms with Gasteiger partial charge in [-0.3, -0.25) is 4.79 Å². The number of carbonyl (C=O) groups excluding carboxylic acids is 1. The maximum Gasteiger partial charge on any atom is 0.280 e. The monoisotopic (exact) mass is 436 g/mol. The summed E-state index contributed by atoms with van der Waals surface area (Å²) < 4.78 is 13.2. The number of hydrogen-bond donors (Lipinski definition) is 1. The van der Waals surface area contributed by atoms with E-state index in [0.29, 0.717) is 24.0 Å². The van der Waals surface area contributed by atoms with Crippen molar-refractivity contribution in [2.75, 3.05) is 13.1 Å². The Hall–Kier alpha value is -2.89. The molecular formula is C22H17FN4OS2.